The van der Waals surface area contributed by atoms with Crippen LogP contribution in [0.25, 0.3) is 0 Å². The number of nitrogens with one attached hydrogen (secondary N) is 2. The molecule has 3 aromatic rings. The Morgan fingerprint density at radius 3 is 2.62 bits per heavy atom. The molecule has 0 unspecified atom stereocenters. The second kappa shape index (κ2) is 8.25. The van der Waals surface area contributed by atoms with E-state index < -0.39 is 11.6 Å². The van der Waals surface area contributed by atoms with Crippen molar-refractivity contribution in [3.05, 3.63) is 69.8 Å². The van der Waals surface area contributed by atoms with Crippen molar-refractivity contribution >= 4 is 40.7 Å². The highest BCUT2D eigenvalue weighted by Gasteiger charge is 2.06. The zero-order valence-corrected chi connectivity index (χ0v) is 14.8. The van der Waals surface area contributed by atoms with Crippen molar-refractivity contribution in [1.29, 1.82) is 0 Å². The number of anilines is 3. The quantitative estimate of drug-likeness (QED) is 0.624. The molecular formula is C17H13Cl2F2N5. The molecule has 0 aliphatic rings. The van der Waals surface area contributed by atoms with Gasteiger partial charge in [-0.3, -0.25) is 0 Å². The lowest BCUT2D eigenvalue weighted by atomic mass is 10.1. The van der Waals surface area contributed by atoms with E-state index in [1.54, 1.807) is 12.1 Å². The lowest BCUT2D eigenvalue weighted by Gasteiger charge is -2.09. The molecule has 0 aliphatic carbocycles. The summed E-state index contributed by atoms with van der Waals surface area (Å²) in [6, 6.07) is 8.74. The smallest absolute Gasteiger partial charge is 0.249 e. The van der Waals surface area contributed by atoms with Crippen molar-refractivity contribution in [3.8, 4) is 0 Å². The summed E-state index contributed by atoms with van der Waals surface area (Å²) < 4.78 is 26.2. The van der Waals surface area contributed by atoms with Crippen LogP contribution in [0.4, 0.5) is 26.2 Å². The highest BCUT2D eigenvalue weighted by molar-refractivity contribution is 6.35. The van der Waals surface area contributed by atoms with Gasteiger partial charge in [0, 0.05) is 28.3 Å². The van der Waals surface area contributed by atoms with Gasteiger partial charge in [-0.25, -0.2) is 8.78 Å². The Kier molecular flexibility index (Phi) is 5.80. The Balaban J connectivity index is 1.61. The minimum Gasteiger partial charge on any atom is -0.368 e. The lowest BCUT2D eigenvalue weighted by molar-refractivity contribution is 0.509. The Hall–Kier alpha value is -2.51. The zero-order chi connectivity index (χ0) is 18.5. The summed E-state index contributed by atoms with van der Waals surface area (Å²) in [7, 11) is 0. The maximum absolute atomic E-state index is 13.2. The summed E-state index contributed by atoms with van der Waals surface area (Å²) in [5, 5.41) is 14.7. The molecule has 0 saturated heterocycles. The van der Waals surface area contributed by atoms with E-state index in [0.717, 1.165) is 17.7 Å². The predicted octanol–water partition coefficient (Wildman–Crippen LogP) is 4.85. The third kappa shape index (κ3) is 4.77. The first-order valence-corrected chi connectivity index (χ1v) is 8.36. The average Bonchev–Trinajstić information content (AvgIpc) is 2.60. The second-order valence-electron chi connectivity index (χ2n) is 5.33. The molecule has 0 atom stereocenters. The van der Waals surface area contributed by atoms with Gasteiger partial charge in [0.1, 0.15) is 0 Å². The number of hydrogen-bond acceptors (Lipinski definition) is 5. The van der Waals surface area contributed by atoms with Gasteiger partial charge < -0.3 is 10.6 Å². The minimum atomic E-state index is -0.961. The summed E-state index contributed by atoms with van der Waals surface area (Å²) in [4.78, 5) is 4.22. The van der Waals surface area contributed by atoms with Gasteiger partial charge in [0.2, 0.25) is 5.95 Å². The molecule has 0 aliphatic heterocycles. The molecule has 0 bridgehead atoms. The molecule has 2 N–H and O–H groups in total. The van der Waals surface area contributed by atoms with Crippen molar-refractivity contribution in [1.82, 2.24) is 15.2 Å². The normalized spacial score (nSPS) is 10.6. The van der Waals surface area contributed by atoms with E-state index in [-0.39, 0.29) is 5.95 Å². The van der Waals surface area contributed by atoms with Gasteiger partial charge >= 0.3 is 0 Å². The van der Waals surface area contributed by atoms with E-state index in [1.165, 1.54) is 12.3 Å². The fraction of sp³-hybridized carbons (Fsp3) is 0.118. The highest BCUT2D eigenvalue weighted by Crippen LogP contribution is 2.21. The van der Waals surface area contributed by atoms with Gasteiger partial charge in [0.25, 0.3) is 0 Å². The standard InChI is InChI=1S/C17H13Cl2F2N5/c18-11-2-1-10(13(19)7-11)5-6-22-16-9-23-26-17(25-16)24-12-3-4-14(20)15(21)8-12/h1-4,7-9H,5-6H2,(H2,22,24,25,26). The third-order valence-corrected chi connectivity index (χ3v) is 4.04. The van der Waals surface area contributed by atoms with Crippen LogP contribution in [0.15, 0.2) is 42.6 Å². The van der Waals surface area contributed by atoms with E-state index >= 15 is 0 Å². The van der Waals surface area contributed by atoms with E-state index in [9.17, 15) is 8.78 Å². The molecule has 0 radical (unpaired) electrons. The molecule has 0 fully saturated rings. The van der Waals surface area contributed by atoms with E-state index in [0.29, 0.717) is 34.5 Å². The Labute approximate surface area is 158 Å². The summed E-state index contributed by atoms with van der Waals surface area (Å²) in [6.07, 6.45) is 2.12. The van der Waals surface area contributed by atoms with Crippen LogP contribution in [0, 0.1) is 11.6 Å². The van der Waals surface area contributed by atoms with Crippen molar-refractivity contribution in [2.75, 3.05) is 17.2 Å². The molecular weight excluding hydrogens is 383 g/mol. The van der Waals surface area contributed by atoms with Crippen LogP contribution < -0.4 is 10.6 Å². The number of aromatic nitrogens is 3. The molecule has 3 rings (SSSR count). The fourth-order valence-corrected chi connectivity index (χ4v) is 2.70. The van der Waals surface area contributed by atoms with E-state index in [1.807, 2.05) is 6.07 Å². The van der Waals surface area contributed by atoms with Crippen LogP contribution in [-0.2, 0) is 6.42 Å². The van der Waals surface area contributed by atoms with Gasteiger partial charge in [0.15, 0.2) is 17.5 Å². The predicted molar refractivity (Wildman–Crippen MR) is 98.1 cm³/mol. The topological polar surface area (TPSA) is 62.7 Å². The summed E-state index contributed by atoms with van der Waals surface area (Å²) >= 11 is 12.0. The summed E-state index contributed by atoms with van der Waals surface area (Å²) in [5.41, 5.74) is 1.27. The van der Waals surface area contributed by atoms with Crippen molar-refractivity contribution < 1.29 is 8.78 Å². The average molecular weight is 396 g/mol. The van der Waals surface area contributed by atoms with Gasteiger partial charge in [-0.2, -0.15) is 10.1 Å². The van der Waals surface area contributed by atoms with Gasteiger partial charge in [-0.05, 0) is 36.2 Å². The number of nitrogens with zero attached hydrogens (tertiary/aromatic N) is 3. The second-order valence-corrected chi connectivity index (χ2v) is 6.18. The Morgan fingerprint density at radius 1 is 1.00 bits per heavy atom. The molecule has 9 heteroatoms. The van der Waals surface area contributed by atoms with Crippen molar-refractivity contribution in [2.45, 2.75) is 6.42 Å². The first kappa shape index (κ1) is 18.3. The van der Waals surface area contributed by atoms with E-state index in [2.05, 4.69) is 25.8 Å². The molecule has 26 heavy (non-hydrogen) atoms. The molecule has 2 aromatic carbocycles. The molecule has 1 aromatic heterocycles. The monoisotopic (exact) mass is 395 g/mol. The number of hydrogen-bond donors (Lipinski definition) is 2. The number of rotatable bonds is 6. The van der Waals surface area contributed by atoms with Crippen molar-refractivity contribution in [2.24, 2.45) is 0 Å². The van der Waals surface area contributed by atoms with Crippen LogP contribution in [-0.4, -0.2) is 21.7 Å². The lowest BCUT2D eigenvalue weighted by Crippen LogP contribution is -2.09. The Bertz CT molecular complexity index is 923. The molecule has 1 heterocycles. The number of benzene rings is 2. The Morgan fingerprint density at radius 2 is 1.85 bits per heavy atom. The van der Waals surface area contributed by atoms with Gasteiger partial charge in [0.05, 0.1) is 6.20 Å². The molecule has 0 saturated carbocycles. The molecule has 0 spiro atoms. The maximum Gasteiger partial charge on any atom is 0.249 e. The van der Waals surface area contributed by atoms with Crippen LogP contribution in [0.1, 0.15) is 5.56 Å². The summed E-state index contributed by atoms with van der Waals surface area (Å²) in [6.45, 7) is 0.560. The number of halogens is 4. The maximum atomic E-state index is 13.2. The SMILES string of the molecule is Fc1ccc(Nc2nncc(NCCc3ccc(Cl)cc3Cl)n2)cc1F. The summed E-state index contributed by atoms with van der Waals surface area (Å²) in [5.74, 6) is -1.25. The molecule has 0 amide bonds. The highest BCUT2D eigenvalue weighted by atomic mass is 35.5. The van der Waals surface area contributed by atoms with E-state index in [4.69, 9.17) is 23.2 Å². The first-order chi connectivity index (χ1) is 12.5. The fourth-order valence-electron chi connectivity index (χ4n) is 2.19. The zero-order valence-electron chi connectivity index (χ0n) is 13.3. The third-order valence-electron chi connectivity index (χ3n) is 3.45. The largest absolute Gasteiger partial charge is 0.368 e. The van der Waals surface area contributed by atoms with Crippen LogP contribution in [0.5, 0.6) is 0 Å². The molecule has 134 valence electrons. The van der Waals surface area contributed by atoms with Crippen LogP contribution >= 0.6 is 23.2 Å². The van der Waals surface area contributed by atoms with Crippen molar-refractivity contribution in [3.63, 3.8) is 0 Å². The van der Waals surface area contributed by atoms with Gasteiger partial charge in [-0.1, -0.05) is 29.3 Å². The van der Waals surface area contributed by atoms with Crippen LogP contribution in [0.3, 0.4) is 0 Å². The van der Waals surface area contributed by atoms with Gasteiger partial charge in [-0.15, -0.1) is 5.10 Å². The van der Waals surface area contributed by atoms with Crippen LogP contribution in [0.2, 0.25) is 10.0 Å². The molecule has 5 nitrogen and oxygen atoms in total. The first-order valence-electron chi connectivity index (χ1n) is 7.61. The minimum absolute atomic E-state index is 0.158.